The Bertz CT molecular complexity index is 1280. The minimum absolute atomic E-state index is 0.0968. The molecule has 1 unspecified atom stereocenters. The lowest BCUT2D eigenvalue weighted by Gasteiger charge is -2.31. The zero-order chi connectivity index (χ0) is 21.2. The summed E-state index contributed by atoms with van der Waals surface area (Å²) in [4.78, 5) is 30.4. The normalized spacial score (nSPS) is 20.5. The van der Waals surface area contributed by atoms with Crippen molar-refractivity contribution in [2.75, 3.05) is 0 Å². The van der Waals surface area contributed by atoms with Crippen molar-refractivity contribution >= 4 is 16.9 Å². The number of rotatable bonds is 3. The van der Waals surface area contributed by atoms with E-state index in [1.54, 1.807) is 17.6 Å². The minimum atomic E-state index is -1.85. The maximum atomic E-state index is 13.3. The molecule has 0 saturated heterocycles. The van der Waals surface area contributed by atoms with E-state index in [0.29, 0.717) is 17.8 Å². The van der Waals surface area contributed by atoms with Gasteiger partial charge in [0.1, 0.15) is 6.61 Å². The van der Waals surface area contributed by atoms with Gasteiger partial charge in [0.2, 0.25) is 0 Å². The van der Waals surface area contributed by atoms with Crippen molar-refractivity contribution in [1.82, 2.24) is 9.55 Å². The summed E-state index contributed by atoms with van der Waals surface area (Å²) >= 11 is 0. The van der Waals surface area contributed by atoms with E-state index in [1.165, 1.54) is 0 Å². The van der Waals surface area contributed by atoms with Crippen molar-refractivity contribution in [3.8, 4) is 11.4 Å². The van der Waals surface area contributed by atoms with E-state index >= 15 is 0 Å². The van der Waals surface area contributed by atoms with E-state index in [1.807, 2.05) is 31.2 Å². The Labute approximate surface area is 172 Å². The molecule has 0 fully saturated rings. The number of fused-ring (bicyclic) bond motifs is 5. The highest BCUT2D eigenvalue weighted by Crippen LogP contribution is 2.41. The molecule has 7 nitrogen and oxygen atoms in total. The predicted molar refractivity (Wildman–Crippen MR) is 110 cm³/mol. The van der Waals surface area contributed by atoms with Gasteiger partial charge in [-0.2, -0.15) is 0 Å². The van der Waals surface area contributed by atoms with Gasteiger partial charge in [0.15, 0.2) is 5.60 Å². The van der Waals surface area contributed by atoms with E-state index in [4.69, 9.17) is 9.72 Å². The molecule has 5 rings (SSSR count). The number of para-hydroxylation sites is 1. The molecule has 154 valence electrons. The van der Waals surface area contributed by atoms with Crippen LogP contribution in [-0.4, -0.2) is 25.7 Å². The molecule has 2 N–H and O–H groups in total. The van der Waals surface area contributed by atoms with Crippen LogP contribution < -0.4 is 5.56 Å². The number of pyridine rings is 2. The summed E-state index contributed by atoms with van der Waals surface area (Å²) in [5.41, 5.74) is 1.87. The zero-order valence-electron chi connectivity index (χ0n) is 16.8. The Kier molecular flexibility index (Phi) is 4.10. The maximum Gasteiger partial charge on any atom is 0.343 e. The van der Waals surface area contributed by atoms with Crippen molar-refractivity contribution in [1.29, 1.82) is 0 Å². The summed E-state index contributed by atoms with van der Waals surface area (Å²) in [5, 5.41) is 22.6. The fraction of sp³-hybridized carbons (Fsp3) is 0.348. The van der Waals surface area contributed by atoms with E-state index in [0.717, 1.165) is 22.0 Å². The number of aliphatic hydroxyl groups excluding tert-OH is 1. The highest BCUT2D eigenvalue weighted by Gasteiger charge is 2.45. The van der Waals surface area contributed by atoms with E-state index < -0.39 is 17.7 Å². The number of carbonyl (C=O) groups excluding carboxylic acids is 1. The number of esters is 1. The first-order valence-electron chi connectivity index (χ1n) is 10.2. The van der Waals surface area contributed by atoms with Crippen LogP contribution in [0.15, 0.2) is 35.1 Å². The number of benzene rings is 1. The van der Waals surface area contributed by atoms with Crippen LogP contribution in [0.5, 0.6) is 0 Å². The van der Waals surface area contributed by atoms with Gasteiger partial charge in [-0.05, 0) is 30.5 Å². The van der Waals surface area contributed by atoms with Crippen LogP contribution in [0.4, 0.5) is 0 Å². The first kappa shape index (κ1) is 19.0. The van der Waals surface area contributed by atoms with Gasteiger partial charge in [0.25, 0.3) is 5.56 Å². The lowest BCUT2D eigenvalue weighted by Crippen LogP contribution is -2.44. The Morgan fingerprint density at radius 1 is 1.23 bits per heavy atom. The summed E-state index contributed by atoms with van der Waals surface area (Å²) in [6.07, 6.45) is -0.0663. The third-order valence-electron chi connectivity index (χ3n) is 6.36. The van der Waals surface area contributed by atoms with E-state index in [9.17, 15) is 19.8 Å². The fourth-order valence-electron chi connectivity index (χ4n) is 4.64. The van der Waals surface area contributed by atoms with Crippen LogP contribution in [0, 0.1) is 0 Å². The van der Waals surface area contributed by atoms with Crippen LogP contribution in [-0.2, 0) is 28.3 Å². The topological polar surface area (TPSA) is 102 Å². The lowest BCUT2D eigenvalue weighted by atomic mass is 9.86. The number of nitrogens with zero attached hydrogens (tertiary/aromatic N) is 2. The molecule has 30 heavy (non-hydrogen) atoms. The molecule has 0 aliphatic carbocycles. The number of cyclic esters (lactones) is 1. The SMILES string of the molecule is CCC(O)c1c2c(nc3ccccc13)-c1cc3c(c(=O)n1C2)COC(=O)[C@]3(O)CC. The van der Waals surface area contributed by atoms with Crippen molar-refractivity contribution in [2.24, 2.45) is 0 Å². The number of carbonyl (C=O) groups is 1. The number of ether oxygens (including phenoxy) is 1. The first-order valence-corrected chi connectivity index (χ1v) is 10.2. The van der Waals surface area contributed by atoms with Crippen LogP contribution in [0.25, 0.3) is 22.3 Å². The Morgan fingerprint density at radius 2 is 2.00 bits per heavy atom. The molecular weight excluding hydrogens is 384 g/mol. The average Bonchev–Trinajstić information content (AvgIpc) is 3.13. The van der Waals surface area contributed by atoms with Crippen LogP contribution in [0.2, 0.25) is 0 Å². The van der Waals surface area contributed by atoms with Crippen LogP contribution in [0.1, 0.15) is 55.0 Å². The van der Waals surface area contributed by atoms with Crippen molar-refractivity contribution < 1.29 is 19.7 Å². The quantitative estimate of drug-likeness (QED) is 0.507. The highest BCUT2D eigenvalue weighted by atomic mass is 16.6. The Morgan fingerprint density at radius 3 is 2.73 bits per heavy atom. The van der Waals surface area contributed by atoms with Gasteiger partial charge in [0, 0.05) is 16.5 Å². The number of aromatic nitrogens is 2. The third kappa shape index (κ3) is 2.36. The average molecular weight is 406 g/mol. The van der Waals surface area contributed by atoms with Crippen LogP contribution in [0.3, 0.4) is 0 Å². The monoisotopic (exact) mass is 406 g/mol. The Balaban J connectivity index is 1.84. The van der Waals surface area contributed by atoms with Gasteiger partial charge in [-0.1, -0.05) is 32.0 Å². The summed E-state index contributed by atoms with van der Waals surface area (Å²) in [6.45, 7) is 3.70. The third-order valence-corrected chi connectivity index (χ3v) is 6.36. The maximum absolute atomic E-state index is 13.3. The smallest absolute Gasteiger partial charge is 0.343 e. The highest BCUT2D eigenvalue weighted by molar-refractivity contribution is 5.89. The standard InChI is InChI=1S/C23H22N2O5/c1-3-18(26)19-12-7-5-6-8-16(12)24-20-13(19)10-25-17(20)9-15-14(21(25)27)11-30-22(28)23(15,29)4-2/h5-9,18,26,29H,3-4,10-11H2,1-2H3/t18?,23-/m0/s1. The summed E-state index contributed by atoms with van der Waals surface area (Å²) in [7, 11) is 0. The van der Waals surface area contributed by atoms with Gasteiger partial charge < -0.3 is 19.5 Å². The van der Waals surface area contributed by atoms with Crippen molar-refractivity contribution in [3.63, 3.8) is 0 Å². The molecule has 7 heteroatoms. The molecule has 0 spiro atoms. The molecule has 1 aromatic carbocycles. The largest absolute Gasteiger partial charge is 0.458 e. The second-order valence-corrected chi connectivity index (χ2v) is 7.90. The lowest BCUT2D eigenvalue weighted by molar-refractivity contribution is -0.172. The molecular formula is C23H22N2O5. The van der Waals surface area contributed by atoms with Crippen molar-refractivity contribution in [2.45, 2.75) is 51.5 Å². The molecule has 4 heterocycles. The van der Waals surface area contributed by atoms with E-state index in [2.05, 4.69) is 0 Å². The van der Waals surface area contributed by atoms with Crippen molar-refractivity contribution in [3.05, 3.63) is 62.9 Å². The van der Waals surface area contributed by atoms with Crippen LogP contribution >= 0.6 is 0 Å². The second kappa shape index (κ2) is 6.48. The van der Waals surface area contributed by atoms with Gasteiger partial charge in [-0.25, -0.2) is 9.78 Å². The number of aliphatic hydroxyl groups is 2. The molecule has 0 saturated carbocycles. The molecule has 3 aromatic rings. The molecule has 0 amide bonds. The summed E-state index contributed by atoms with van der Waals surface area (Å²) in [5.74, 6) is -0.742. The second-order valence-electron chi connectivity index (χ2n) is 7.90. The molecule has 2 aliphatic rings. The first-order chi connectivity index (χ1) is 14.4. The fourth-order valence-corrected chi connectivity index (χ4v) is 4.64. The van der Waals surface area contributed by atoms with E-state index in [-0.39, 0.29) is 36.3 Å². The molecule has 0 radical (unpaired) electrons. The molecule has 0 bridgehead atoms. The van der Waals surface area contributed by atoms with Gasteiger partial charge in [-0.15, -0.1) is 0 Å². The molecule has 2 atom stereocenters. The number of hydrogen-bond donors (Lipinski definition) is 2. The van der Waals surface area contributed by atoms with Gasteiger partial charge in [0.05, 0.1) is 35.1 Å². The predicted octanol–water partition coefficient (Wildman–Crippen LogP) is 2.52. The molecule has 2 aliphatic heterocycles. The minimum Gasteiger partial charge on any atom is -0.458 e. The number of hydrogen-bond acceptors (Lipinski definition) is 6. The molecule has 2 aromatic heterocycles. The van der Waals surface area contributed by atoms with Gasteiger partial charge >= 0.3 is 5.97 Å². The summed E-state index contributed by atoms with van der Waals surface area (Å²) < 4.78 is 6.71. The Hall–Kier alpha value is -3.03. The summed E-state index contributed by atoms with van der Waals surface area (Å²) in [6, 6.07) is 9.27. The van der Waals surface area contributed by atoms with Gasteiger partial charge in [-0.3, -0.25) is 4.79 Å². The zero-order valence-corrected chi connectivity index (χ0v) is 16.8.